The van der Waals surface area contributed by atoms with E-state index in [4.69, 9.17) is 5.73 Å². The van der Waals surface area contributed by atoms with Gasteiger partial charge in [0.05, 0.1) is 6.54 Å². The molecule has 0 aromatic rings. The number of rotatable bonds is 1. The quantitative estimate of drug-likeness (QED) is 0.749. The number of likely N-dealkylation sites (N-methyl/N-ethyl adjacent to an activating group) is 1. The molecule has 82 valence electrons. The molecule has 1 rings (SSSR count). The summed E-state index contributed by atoms with van der Waals surface area (Å²) < 4.78 is 25.4. The van der Waals surface area contributed by atoms with Crippen LogP contribution in [0.15, 0.2) is 0 Å². The Labute approximate surface area is 89.7 Å². The van der Waals surface area contributed by atoms with E-state index in [1.54, 1.807) is 11.9 Å². The first-order valence-corrected chi connectivity index (χ1v) is 3.83. The summed E-state index contributed by atoms with van der Waals surface area (Å²) in [6.45, 7) is 0.335. The van der Waals surface area contributed by atoms with Gasteiger partial charge in [-0.25, -0.2) is 8.78 Å². The van der Waals surface area contributed by atoms with Gasteiger partial charge in [0.15, 0.2) is 0 Å². The molecule has 0 saturated carbocycles. The number of nitrogens with zero attached hydrogens (tertiary/aromatic N) is 1. The number of halogens is 4. The number of hydrogen-bond donors (Lipinski definition) is 1. The van der Waals surface area contributed by atoms with E-state index < -0.39 is 5.92 Å². The Balaban J connectivity index is 0. The van der Waals surface area contributed by atoms with E-state index >= 15 is 0 Å². The lowest BCUT2D eigenvalue weighted by Crippen LogP contribution is -2.49. The minimum absolute atomic E-state index is 0. The third-order valence-corrected chi connectivity index (χ3v) is 2.22. The smallest absolute Gasteiger partial charge is 0.260 e. The van der Waals surface area contributed by atoms with Crippen LogP contribution in [0.3, 0.4) is 0 Å². The maximum Gasteiger partial charge on any atom is 0.260 e. The fraction of sp³-hybridized carbons (Fsp3) is 1.00. The highest BCUT2D eigenvalue weighted by Crippen LogP contribution is 2.28. The van der Waals surface area contributed by atoms with E-state index in [9.17, 15) is 8.78 Å². The minimum atomic E-state index is -2.50. The van der Waals surface area contributed by atoms with E-state index in [0.29, 0.717) is 13.0 Å². The van der Waals surface area contributed by atoms with Gasteiger partial charge in [0.25, 0.3) is 5.92 Å². The van der Waals surface area contributed by atoms with E-state index in [0.717, 1.165) is 0 Å². The molecule has 1 heterocycles. The summed E-state index contributed by atoms with van der Waals surface area (Å²) in [5.41, 5.74) is 5.40. The maximum absolute atomic E-state index is 12.7. The molecule has 2 N–H and O–H groups in total. The molecule has 1 unspecified atom stereocenters. The van der Waals surface area contributed by atoms with Crippen molar-refractivity contribution in [2.24, 2.45) is 5.73 Å². The molecule has 0 aromatic carbocycles. The second-order valence-electron chi connectivity index (χ2n) is 3.20. The molecule has 0 aliphatic carbocycles. The first-order valence-electron chi connectivity index (χ1n) is 3.83. The Hall–Kier alpha value is 0.360. The molecule has 1 fully saturated rings. The monoisotopic (exact) mass is 236 g/mol. The first-order chi connectivity index (χ1) is 5.05. The van der Waals surface area contributed by atoms with Crippen molar-refractivity contribution in [1.29, 1.82) is 0 Å². The normalized spacial score (nSPS) is 27.2. The topological polar surface area (TPSA) is 29.3 Å². The van der Waals surface area contributed by atoms with Crippen molar-refractivity contribution < 1.29 is 8.78 Å². The van der Waals surface area contributed by atoms with Crippen molar-refractivity contribution in [3.63, 3.8) is 0 Å². The number of piperidine rings is 1. The fourth-order valence-electron chi connectivity index (χ4n) is 1.47. The van der Waals surface area contributed by atoms with Crippen LogP contribution in [0.25, 0.3) is 0 Å². The van der Waals surface area contributed by atoms with Gasteiger partial charge in [-0.15, -0.1) is 24.8 Å². The second kappa shape index (κ2) is 5.96. The molecule has 1 atom stereocenters. The van der Waals surface area contributed by atoms with E-state index in [1.165, 1.54) is 0 Å². The van der Waals surface area contributed by atoms with Gasteiger partial charge in [-0.3, -0.25) is 4.90 Å². The zero-order chi connectivity index (χ0) is 8.48. The number of nitrogens with two attached hydrogens (primary N) is 1. The van der Waals surface area contributed by atoms with Crippen LogP contribution < -0.4 is 5.73 Å². The lowest BCUT2D eigenvalue weighted by atomic mass is 10.0. The molecule has 0 radical (unpaired) electrons. The number of likely N-dealkylation sites (tertiary alicyclic amines) is 1. The summed E-state index contributed by atoms with van der Waals surface area (Å²) in [4.78, 5) is 1.64. The van der Waals surface area contributed by atoms with Crippen molar-refractivity contribution >= 4 is 24.8 Å². The fourth-order valence-corrected chi connectivity index (χ4v) is 1.47. The summed E-state index contributed by atoms with van der Waals surface area (Å²) in [7, 11) is 1.70. The van der Waals surface area contributed by atoms with Gasteiger partial charge in [0.1, 0.15) is 0 Å². The summed E-state index contributed by atoms with van der Waals surface area (Å²) in [5.74, 6) is -2.50. The Kier molecular flexibility index (Phi) is 7.25. The lowest BCUT2D eigenvalue weighted by Gasteiger charge is -2.36. The van der Waals surface area contributed by atoms with Gasteiger partial charge in [0, 0.05) is 19.0 Å². The molecule has 1 aliphatic heterocycles. The molecule has 1 saturated heterocycles. The van der Waals surface area contributed by atoms with Crippen LogP contribution in [0.5, 0.6) is 0 Å². The zero-order valence-electron chi connectivity index (χ0n) is 7.50. The molecule has 0 amide bonds. The van der Waals surface area contributed by atoms with Crippen LogP contribution in [0, 0.1) is 0 Å². The second-order valence-corrected chi connectivity index (χ2v) is 3.20. The number of alkyl halides is 2. The van der Waals surface area contributed by atoms with E-state index in [2.05, 4.69) is 0 Å². The van der Waals surface area contributed by atoms with Crippen LogP contribution in [0.4, 0.5) is 8.78 Å². The summed E-state index contributed by atoms with van der Waals surface area (Å²) in [6, 6.07) is 0.148. The molecule has 0 bridgehead atoms. The zero-order valence-corrected chi connectivity index (χ0v) is 9.14. The number of hydrogen-bond acceptors (Lipinski definition) is 2. The van der Waals surface area contributed by atoms with Gasteiger partial charge < -0.3 is 5.73 Å². The van der Waals surface area contributed by atoms with Gasteiger partial charge in [-0.2, -0.15) is 0 Å². The molecule has 6 heteroatoms. The van der Waals surface area contributed by atoms with Crippen LogP contribution in [-0.2, 0) is 0 Å². The minimum Gasteiger partial charge on any atom is -0.329 e. The van der Waals surface area contributed by atoms with Crippen LogP contribution in [0.1, 0.15) is 12.8 Å². The van der Waals surface area contributed by atoms with Crippen molar-refractivity contribution in [2.45, 2.75) is 24.8 Å². The Morgan fingerprint density at radius 3 is 2.38 bits per heavy atom. The predicted octanol–water partition coefficient (Wildman–Crippen LogP) is 1.52. The van der Waals surface area contributed by atoms with Gasteiger partial charge in [0.2, 0.25) is 0 Å². The molecule has 0 aromatic heterocycles. The predicted molar refractivity (Wildman–Crippen MR) is 54.1 cm³/mol. The maximum atomic E-state index is 12.7. The standard InChI is InChI=1S/C7H14F2N2.2ClH/c1-11-5-7(8,9)3-2-6(11)4-10;;/h6H,2-5,10H2,1H3;2*1H. The first kappa shape index (κ1) is 15.8. The van der Waals surface area contributed by atoms with Crippen molar-refractivity contribution in [3.8, 4) is 0 Å². The molecule has 0 spiro atoms. The molecule has 1 aliphatic rings. The summed E-state index contributed by atoms with van der Waals surface area (Å²) in [6.07, 6.45) is 0.499. The van der Waals surface area contributed by atoms with Crippen LogP contribution >= 0.6 is 24.8 Å². The Morgan fingerprint density at radius 2 is 2.00 bits per heavy atom. The summed E-state index contributed by atoms with van der Waals surface area (Å²) in [5, 5.41) is 0. The van der Waals surface area contributed by atoms with E-state index in [-0.39, 0.29) is 43.8 Å². The molecule has 13 heavy (non-hydrogen) atoms. The van der Waals surface area contributed by atoms with Crippen molar-refractivity contribution in [2.75, 3.05) is 20.1 Å². The molecular weight excluding hydrogens is 221 g/mol. The third-order valence-electron chi connectivity index (χ3n) is 2.22. The van der Waals surface area contributed by atoms with Crippen LogP contribution in [-0.4, -0.2) is 37.0 Å². The highest BCUT2D eigenvalue weighted by atomic mass is 35.5. The SMILES string of the molecule is CN1CC(F)(F)CCC1CN.Cl.Cl. The van der Waals surface area contributed by atoms with Gasteiger partial charge in [-0.1, -0.05) is 0 Å². The van der Waals surface area contributed by atoms with Crippen molar-refractivity contribution in [1.82, 2.24) is 4.90 Å². The third kappa shape index (κ3) is 4.40. The Morgan fingerprint density at radius 1 is 1.46 bits per heavy atom. The molecular formula is C7H16Cl2F2N2. The highest BCUT2D eigenvalue weighted by molar-refractivity contribution is 5.85. The Bertz CT molecular complexity index is 146. The average molecular weight is 237 g/mol. The van der Waals surface area contributed by atoms with Gasteiger partial charge >= 0.3 is 0 Å². The average Bonchev–Trinajstić information content (AvgIpc) is 1.86. The van der Waals surface area contributed by atoms with E-state index in [1.807, 2.05) is 0 Å². The lowest BCUT2D eigenvalue weighted by molar-refractivity contribution is -0.0731. The summed E-state index contributed by atoms with van der Waals surface area (Å²) >= 11 is 0. The van der Waals surface area contributed by atoms with Crippen molar-refractivity contribution in [3.05, 3.63) is 0 Å². The van der Waals surface area contributed by atoms with Gasteiger partial charge in [-0.05, 0) is 13.5 Å². The molecule has 2 nitrogen and oxygen atoms in total. The largest absolute Gasteiger partial charge is 0.329 e. The highest BCUT2D eigenvalue weighted by Gasteiger charge is 2.37. The van der Waals surface area contributed by atoms with Crippen LogP contribution in [0.2, 0.25) is 0 Å².